The minimum atomic E-state index is -0.333. The van der Waals surface area contributed by atoms with Gasteiger partial charge in [-0.1, -0.05) is 36.4 Å². The Balaban J connectivity index is 1.45. The first-order chi connectivity index (χ1) is 15.0. The van der Waals surface area contributed by atoms with Gasteiger partial charge in [0.25, 0.3) is 5.91 Å². The van der Waals surface area contributed by atoms with Crippen molar-refractivity contribution < 1.29 is 18.7 Å². The van der Waals surface area contributed by atoms with Gasteiger partial charge in [0.1, 0.15) is 18.1 Å². The Morgan fingerprint density at radius 1 is 0.968 bits per heavy atom. The van der Waals surface area contributed by atoms with E-state index in [2.05, 4.69) is 4.98 Å². The molecule has 0 aliphatic carbocycles. The summed E-state index contributed by atoms with van der Waals surface area (Å²) in [6.45, 7) is 0.827. The number of fused-ring (bicyclic) bond motifs is 1. The summed E-state index contributed by atoms with van der Waals surface area (Å²) in [6.07, 6.45) is 0. The lowest BCUT2D eigenvalue weighted by Gasteiger charge is -2.18. The average Bonchev–Trinajstić information content (AvgIpc) is 3.21. The summed E-state index contributed by atoms with van der Waals surface area (Å²) in [5.74, 6) is 0.734. The van der Waals surface area contributed by atoms with Crippen molar-refractivity contribution >= 4 is 16.8 Å². The highest BCUT2D eigenvalue weighted by Crippen LogP contribution is 2.29. The summed E-state index contributed by atoms with van der Waals surface area (Å²) in [5, 5.41) is 0.665. The van der Waals surface area contributed by atoms with E-state index in [1.165, 1.54) is 12.1 Å². The standard InChI is InChI=1S/C25H23FN2O3/c1-28(25(29)22-14-19-13-20(26)9-10-21(19)27-22)15-18-8-11-23(24(12-18)30-2)31-16-17-6-4-3-5-7-17/h3-14,27H,15-16H2,1-2H3. The topological polar surface area (TPSA) is 54.6 Å². The third-order valence-electron chi connectivity index (χ3n) is 5.04. The summed E-state index contributed by atoms with van der Waals surface area (Å²) >= 11 is 0. The van der Waals surface area contributed by atoms with Gasteiger partial charge in [0.2, 0.25) is 0 Å². The van der Waals surface area contributed by atoms with Crippen LogP contribution in [0.1, 0.15) is 21.6 Å². The van der Waals surface area contributed by atoms with Crippen molar-refractivity contribution in [2.24, 2.45) is 0 Å². The van der Waals surface area contributed by atoms with Crippen molar-refractivity contribution in [3.8, 4) is 11.5 Å². The van der Waals surface area contributed by atoms with Crippen LogP contribution in [0.3, 0.4) is 0 Å². The van der Waals surface area contributed by atoms with E-state index in [1.807, 2.05) is 48.5 Å². The number of hydrogen-bond donors (Lipinski definition) is 1. The Hall–Kier alpha value is -3.80. The molecule has 0 aliphatic rings. The molecule has 0 atom stereocenters. The predicted octanol–water partition coefficient (Wildman–Crippen LogP) is 5.17. The van der Waals surface area contributed by atoms with Gasteiger partial charge in [-0.2, -0.15) is 0 Å². The lowest BCUT2D eigenvalue weighted by molar-refractivity contribution is 0.0780. The van der Waals surface area contributed by atoms with Crippen molar-refractivity contribution in [2.75, 3.05) is 14.2 Å². The first-order valence-corrected chi connectivity index (χ1v) is 9.91. The largest absolute Gasteiger partial charge is 0.493 e. The van der Waals surface area contributed by atoms with E-state index in [0.29, 0.717) is 35.7 Å². The van der Waals surface area contributed by atoms with E-state index >= 15 is 0 Å². The van der Waals surface area contributed by atoms with Gasteiger partial charge in [-0.3, -0.25) is 4.79 Å². The number of ether oxygens (including phenoxy) is 2. The number of rotatable bonds is 7. The highest BCUT2D eigenvalue weighted by Gasteiger charge is 2.16. The normalized spacial score (nSPS) is 10.8. The van der Waals surface area contributed by atoms with Crippen LogP contribution in [0.4, 0.5) is 4.39 Å². The van der Waals surface area contributed by atoms with Crippen LogP contribution in [0.25, 0.3) is 10.9 Å². The third-order valence-corrected chi connectivity index (χ3v) is 5.04. The average molecular weight is 418 g/mol. The van der Waals surface area contributed by atoms with Crippen molar-refractivity contribution in [3.05, 3.63) is 95.4 Å². The fourth-order valence-electron chi connectivity index (χ4n) is 3.43. The number of hydrogen-bond acceptors (Lipinski definition) is 3. The minimum Gasteiger partial charge on any atom is -0.493 e. The monoisotopic (exact) mass is 418 g/mol. The van der Waals surface area contributed by atoms with Crippen LogP contribution in [-0.4, -0.2) is 29.9 Å². The molecule has 1 aromatic heterocycles. The number of carbonyl (C=O) groups is 1. The number of halogens is 1. The Kier molecular flexibility index (Phi) is 5.89. The molecule has 1 heterocycles. The number of aromatic amines is 1. The number of H-pyrrole nitrogens is 1. The summed E-state index contributed by atoms with van der Waals surface area (Å²) in [5.41, 5.74) is 3.11. The Morgan fingerprint density at radius 3 is 2.55 bits per heavy atom. The Bertz CT molecular complexity index is 1200. The number of nitrogens with one attached hydrogen (secondary N) is 1. The Labute approximate surface area is 180 Å². The van der Waals surface area contributed by atoms with Crippen LogP contribution < -0.4 is 9.47 Å². The molecule has 1 N–H and O–H groups in total. The fourth-order valence-corrected chi connectivity index (χ4v) is 3.43. The van der Waals surface area contributed by atoms with Gasteiger partial charge >= 0.3 is 0 Å². The van der Waals surface area contributed by atoms with Gasteiger partial charge in [-0.05, 0) is 47.5 Å². The van der Waals surface area contributed by atoms with E-state index in [1.54, 1.807) is 31.2 Å². The van der Waals surface area contributed by atoms with E-state index < -0.39 is 0 Å². The number of aromatic nitrogens is 1. The molecule has 0 fully saturated rings. The molecule has 6 heteroatoms. The molecule has 4 aromatic rings. The van der Waals surface area contributed by atoms with Gasteiger partial charge in [0.15, 0.2) is 11.5 Å². The highest BCUT2D eigenvalue weighted by atomic mass is 19.1. The van der Waals surface area contributed by atoms with Crippen molar-refractivity contribution in [2.45, 2.75) is 13.2 Å². The summed E-state index contributed by atoms with van der Waals surface area (Å²) in [7, 11) is 3.31. The predicted molar refractivity (Wildman–Crippen MR) is 118 cm³/mol. The molecular formula is C25H23FN2O3. The summed E-state index contributed by atoms with van der Waals surface area (Å²) in [4.78, 5) is 17.5. The second-order valence-corrected chi connectivity index (χ2v) is 7.34. The minimum absolute atomic E-state index is 0.181. The molecule has 0 unspecified atom stereocenters. The maximum absolute atomic E-state index is 13.4. The molecule has 1 amide bonds. The molecule has 0 spiro atoms. The quantitative estimate of drug-likeness (QED) is 0.451. The number of benzene rings is 3. The smallest absolute Gasteiger partial charge is 0.270 e. The highest BCUT2D eigenvalue weighted by molar-refractivity contribution is 5.97. The molecule has 0 saturated carbocycles. The SMILES string of the molecule is COc1cc(CN(C)C(=O)c2cc3cc(F)ccc3[nH]2)ccc1OCc1ccccc1. The summed E-state index contributed by atoms with van der Waals surface area (Å²) < 4.78 is 24.8. The maximum atomic E-state index is 13.4. The zero-order chi connectivity index (χ0) is 21.8. The van der Waals surface area contributed by atoms with Gasteiger partial charge < -0.3 is 19.4 Å². The van der Waals surface area contributed by atoms with Crippen molar-refractivity contribution in [3.63, 3.8) is 0 Å². The van der Waals surface area contributed by atoms with E-state index in [0.717, 1.165) is 16.6 Å². The lowest BCUT2D eigenvalue weighted by atomic mass is 10.2. The molecule has 158 valence electrons. The zero-order valence-corrected chi connectivity index (χ0v) is 17.4. The van der Waals surface area contributed by atoms with E-state index in [-0.39, 0.29) is 11.7 Å². The van der Waals surface area contributed by atoms with Crippen molar-refractivity contribution in [1.29, 1.82) is 0 Å². The van der Waals surface area contributed by atoms with E-state index in [9.17, 15) is 9.18 Å². The number of nitrogens with zero attached hydrogens (tertiary/aromatic N) is 1. The molecule has 0 bridgehead atoms. The molecule has 0 radical (unpaired) electrons. The van der Waals surface area contributed by atoms with Crippen LogP contribution in [0.5, 0.6) is 11.5 Å². The molecule has 4 rings (SSSR count). The number of methoxy groups -OCH3 is 1. The number of amides is 1. The molecule has 5 nitrogen and oxygen atoms in total. The molecule has 3 aromatic carbocycles. The van der Waals surface area contributed by atoms with Crippen LogP contribution >= 0.6 is 0 Å². The third kappa shape index (κ3) is 4.69. The van der Waals surface area contributed by atoms with E-state index in [4.69, 9.17) is 9.47 Å². The molecule has 31 heavy (non-hydrogen) atoms. The zero-order valence-electron chi connectivity index (χ0n) is 17.4. The second-order valence-electron chi connectivity index (χ2n) is 7.34. The lowest BCUT2D eigenvalue weighted by Crippen LogP contribution is -2.26. The van der Waals surface area contributed by atoms with Crippen LogP contribution in [0.2, 0.25) is 0 Å². The second kappa shape index (κ2) is 8.92. The van der Waals surface area contributed by atoms with Gasteiger partial charge in [-0.25, -0.2) is 4.39 Å². The first kappa shape index (κ1) is 20.5. The van der Waals surface area contributed by atoms with Gasteiger partial charge in [0, 0.05) is 24.5 Å². The molecule has 0 aliphatic heterocycles. The first-order valence-electron chi connectivity index (χ1n) is 9.91. The summed E-state index contributed by atoms with van der Waals surface area (Å²) in [6, 6.07) is 21.6. The Morgan fingerprint density at radius 2 is 1.77 bits per heavy atom. The fraction of sp³-hybridized carbons (Fsp3) is 0.160. The van der Waals surface area contributed by atoms with Crippen molar-refractivity contribution in [1.82, 2.24) is 9.88 Å². The van der Waals surface area contributed by atoms with Gasteiger partial charge in [-0.15, -0.1) is 0 Å². The maximum Gasteiger partial charge on any atom is 0.270 e. The van der Waals surface area contributed by atoms with Crippen LogP contribution in [-0.2, 0) is 13.2 Å². The number of carbonyl (C=O) groups excluding carboxylic acids is 1. The van der Waals surface area contributed by atoms with Crippen LogP contribution in [0.15, 0.2) is 72.8 Å². The molecule has 0 saturated heterocycles. The van der Waals surface area contributed by atoms with Gasteiger partial charge in [0.05, 0.1) is 7.11 Å². The molecular weight excluding hydrogens is 395 g/mol. The van der Waals surface area contributed by atoms with Crippen LogP contribution in [0, 0.1) is 5.82 Å².